The van der Waals surface area contributed by atoms with E-state index in [9.17, 15) is 0 Å². The van der Waals surface area contributed by atoms with Gasteiger partial charge in [0.2, 0.25) is 0 Å². The maximum Gasteiger partial charge on any atom is 0.124 e. The van der Waals surface area contributed by atoms with Gasteiger partial charge in [-0.15, -0.1) is 0 Å². The van der Waals surface area contributed by atoms with Gasteiger partial charge in [0.15, 0.2) is 0 Å². The van der Waals surface area contributed by atoms with Crippen LogP contribution in [0.2, 0.25) is 0 Å². The van der Waals surface area contributed by atoms with Gasteiger partial charge in [-0.25, -0.2) is 0 Å². The topological polar surface area (TPSA) is 35.2 Å². The van der Waals surface area contributed by atoms with Crippen molar-refractivity contribution in [2.75, 3.05) is 6.61 Å². The highest BCUT2D eigenvalue weighted by atomic mass is 16.5. The Morgan fingerprint density at radius 2 is 1.88 bits per heavy atom. The van der Waals surface area contributed by atoms with Crippen LogP contribution in [0.4, 0.5) is 0 Å². The van der Waals surface area contributed by atoms with E-state index >= 15 is 0 Å². The van der Waals surface area contributed by atoms with Gasteiger partial charge in [0.05, 0.1) is 6.61 Å². The van der Waals surface area contributed by atoms with Crippen molar-refractivity contribution >= 4 is 0 Å². The molecular formula is C15H25NO. The molecule has 1 atom stereocenters. The summed E-state index contributed by atoms with van der Waals surface area (Å²) in [6.07, 6.45) is 5.87. The molecule has 96 valence electrons. The molecule has 0 aromatic heterocycles. The maximum absolute atomic E-state index is 6.07. The fourth-order valence-electron chi connectivity index (χ4n) is 1.85. The van der Waals surface area contributed by atoms with Crippen molar-refractivity contribution in [1.82, 2.24) is 0 Å². The number of hydrogen-bond acceptors (Lipinski definition) is 2. The third-order valence-corrected chi connectivity index (χ3v) is 3.01. The second-order valence-electron chi connectivity index (χ2n) is 4.46. The summed E-state index contributed by atoms with van der Waals surface area (Å²) in [6, 6.07) is 8.20. The van der Waals surface area contributed by atoms with E-state index in [1.807, 2.05) is 18.2 Å². The van der Waals surface area contributed by atoms with Crippen LogP contribution >= 0.6 is 0 Å². The van der Waals surface area contributed by atoms with E-state index in [0.29, 0.717) is 0 Å². The molecule has 0 amide bonds. The van der Waals surface area contributed by atoms with E-state index in [0.717, 1.165) is 30.8 Å². The van der Waals surface area contributed by atoms with Gasteiger partial charge in [0.1, 0.15) is 5.75 Å². The summed E-state index contributed by atoms with van der Waals surface area (Å²) in [6.45, 7) is 5.12. The first-order valence-electron chi connectivity index (χ1n) is 6.76. The van der Waals surface area contributed by atoms with Gasteiger partial charge in [0.25, 0.3) is 0 Å². The lowest BCUT2D eigenvalue weighted by Gasteiger charge is -2.15. The second kappa shape index (κ2) is 8.13. The summed E-state index contributed by atoms with van der Waals surface area (Å²) < 4.78 is 5.83. The molecule has 0 heterocycles. The molecule has 0 saturated carbocycles. The summed E-state index contributed by atoms with van der Waals surface area (Å²) in [4.78, 5) is 0. The third-order valence-electron chi connectivity index (χ3n) is 3.01. The zero-order valence-electron chi connectivity index (χ0n) is 11.1. The van der Waals surface area contributed by atoms with Gasteiger partial charge in [-0.05, 0) is 18.9 Å². The van der Waals surface area contributed by atoms with E-state index < -0.39 is 0 Å². The Balaban J connectivity index is 2.46. The Hall–Kier alpha value is -1.02. The summed E-state index contributed by atoms with van der Waals surface area (Å²) in [5, 5.41) is 0. The van der Waals surface area contributed by atoms with Crippen LogP contribution in [0.25, 0.3) is 0 Å². The molecule has 1 aromatic rings. The molecule has 0 aliphatic carbocycles. The zero-order chi connectivity index (χ0) is 12.5. The van der Waals surface area contributed by atoms with E-state index in [4.69, 9.17) is 10.5 Å². The number of rotatable bonds is 8. The molecule has 0 fully saturated rings. The lowest BCUT2D eigenvalue weighted by molar-refractivity contribution is 0.300. The average molecular weight is 235 g/mol. The molecule has 0 aliphatic heterocycles. The number of unbranched alkanes of at least 4 members (excludes halogenated alkanes) is 3. The number of benzene rings is 1. The van der Waals surface area contributed by atoms with Crippen molar-refractivity contribution in [1.29, 1.82) is 0 Å². The third kappa shape index (κ3) is 4.78. The van der Waals surface area contributed by atoms with E-state index in [1.54, 1.807) is 0 Å². The van der Waals surface area contributed by atoms with E-state index in [1.165, 1.54) is 19.3 Å². The summed E-state index contributed by atoms with van der Waals surface area (Å²) >= 11 is 0. The lowest BCUT2D eigenvalue weighted by Crippen LogP contribution is -2.11. The van der Waals surface area contributed by atoms with Gasteiger partial charge in [-0.1, -0.05) is 51.3 Å². The Morgan fingerprint density at radius 1 is 1.12 bits per heavy atom. The van der Waals surface area contributed by atoms with Gasteiger partial charge in [-0.3, -0.25) is 0 Å². The highest BCUT2D eigenvalue weighted by Crippen LogP contribution is 2.25. The Labute approximate surface area is 105 Å². The highest BCUT2D eigenvalue weighted by molar-refractivity contribution is 5.35. The number of hydrogen-bond donors (Lipinski definition) is 1. The van der Waals surface area contributed by atoms with Crippen LogP contribution in [0, 0.1) is 0 Å². The molecule has 0 radical (unpaired) electrons. The molecule has 0 spiro atoms. The quantitative estimate of drug-likeness (QED) is 0.690. The molecule has 2 heteroatoms. The van der Waals surface area contributed by atoms with Gasteiger partial charge < -0.3 is 10.5 Å². The van der Waals surface area contributed by atoms with Crippen molar-refractivity contribution in [2.45, 2.75) is 52.0 Å². The monoisotopic (exact) mass is 235 g/mol. The number of para-hydroxylation sites is 1. The minimum atomic E-state index is 0.0850. The predicted octanol–water partition coefficient (Wildman–Crippen LogP) is 4.06. The largest absolute Gasteiger partial charge is 0.493 e. The highest BCUT2D eigenvalue weighted by Gasteiger charge is 2.09. The van der Waals surface area contributed by atoms with Crippen molar-refractivity contribution in [2.24, 2.45) is 5.73 Å². The normalized spacial score (nSPS) is 12.4. The second-order valence-corrected chi connectivity index (χ2v) is 4.46. The first kappa shape index (κ1) is 14.0. The van der Waals surface area contributed by atoms with Gasteiger partial charge in [0, 0.05) is 11.6 Å². The van der Waals surface area contributed by atoms with Crippen LogP contribution in [0.3, 0.4) is 0 Å². The molecule has 1 unspecified atom stereocenters. The molecule has 2 nitrogen and oxygen atoms in total. The van der Waals surface area contributed by atoms with Crippen molar-refractivity contribution in [3.63, 3.8) is 0 Å². The molecule has 1 rings (SSSR count). The van der Waals surface area contributed by atoms with Crippen LogP contribution < -0.4 is 10.5 Å². The van der Waals surface area contributed by atoms with E-state index in [2.05, 4.69) is 19.9 Å². The van der Waals surface area contributed by atoms with Gasteiger partial charge in [-0.2, -0.15) is 0 Å². The van der Waals surface area contributed by atoms with Crippen LogP contribution in [0.1, 0.15) is 57.6 Å². The summed E-state index contributed by atoms with van der Waals surface area (Å²) in [5.74, 6) is 0.957. The molecule has 2 N–H and O–H groups in total. The minimum Gasteiger partial charge on any atom is -0.493 e. The zero-order valence-corrected chi connectivity index (χ0v) is 11.1. The molecule has 0 bridgehead atoms. The predicted molar refractivity (Wildman–Crippen MR) is 73.3 cm³/mol. The van der Waals surface area contributed by atoms with Crippen LogP contribution in [-0.2, 0) is 0 Å². The van der Waals surface area contributed by atoms with Crippen LogP contribution in [0.15, 0.2) is 24.3 Å². The van der Waals surface area contributed by atoms with Crippen molar-refractivity contribution in [3.8, 4) is 5.75 Å². The van der Waals surface area contributed by atoms with Crippen LogP contribution in [-0.4, -0.2) is 6.61 Å². The maximum atomic E-state index is 6.07. The summed E-state index contributed by atoms with van der Waals surface area (Å²) in [7, 11) is 0. The molecule has 0 saturated heterocycles. The molecule has 1 aromatic carbocycles. The number of ether oxygens (including phenoxy) is 1. The van der Waals surface area contributed by atoms with Crippen molar-refractivity contribution in [3.05, 3.63) is 29.8 Å². The van der Waals surface area contributed by atoms with Crippen molar-refractivity contribution < 1.29 is 4.74 Å². The Kier molecular flexibility index (Phi) is 6.71. The fourth-order valence-corrected chi connectivity index (χ4v) is 1.85. The Bertz CT molecular complexity index is 312. The standard InChI is InChI=1S/C15H25NO/c1-3-5-6-9-12-17-15-11-8-7-10-13(15)14(16)4-2/h7-8,10-11,14H,3-6,9,12,16H2,1-2H3. The first-order chi connectivity index (χ1) is 8.29. The number of nitrogens with two attached hydrogens (primary N) is 1. The first-order valence-corrected chi connectivity index (χ1v) is 6.76. The SMILES string of the molecule is CCCCCCOc1ccccc1C(N)CC. The fraction of sp³-hybridized carbons (Fsp3) is 0.600. The average Bonchev–Trinajstić information content (AvgIpc) is 2.38. The Morgan fingerprint density at radius 3 is 2.59 bits per heavy atom. The van der Waals surface area contributed by atoms with Gasteiger partial charge >= 0.3 is 0 Å². The molecule has 0 aliphatic rings. The molecular weight excluding hydrogens is 210 g/mol. The van der Waals surface area contributed by atoms with Crippen LogP contribution in [0.5, 0.6) is 5.75 Å². The lowest BCUT2D eigenvalue weighted by atomic mass is 10.0. The molecule has 17 heavy (non-hydrogen) atoms. The smallest absolute Gasteiger partial charge is 0.124 e. The van der Waals surface area contributed by atoms with E-state index in [-0.39, 0.29) is 6.04 Å². The summed E-state index contributed by atoms with van der Waals surface area (Å²) in [5.41, 5.74) is 7.20. The minimum absolute atomic E-state index is 0.0850.